The van der Waals surface area contributed by atoms with E-state index in [1.807, 2.05) is 0 Å². The van der Waals surface area contributed by atoms with Gasteiger partial charge in [-0.25, -0.2) is 4.39 Å². The van der Waals surface area contributed by atoms with Crippen LogP contribution in [0.2, 0.25) is 0 Å². The average Bonchev–Trinajstić information content (AvgIpc) is 3.16. The van der Waals surface area contributed by atoms with E-state index in [9.17, 15) is 18.8 Å². The first-order valence-electron chi connectivity index (χ1n) is 8.90. The minimum absolute atomic E-state index is 0.0748. The molecule has 2 amide bonds. The van der Waals surface area contributed by atoms with Gasteiger partial charge in [-0.2, -0.15) is 0 Å². The molecule has 140 valence electrons. The number of benzene rings is 1. The van der Waals surface area contributed by atoms with E-state index in [-0.39, 0.29) is 37.0 Å². The number of rotatable bonds is 5. The minimum Gasteiger partial charge on any atom is -0.481 e. The standard InChI is InChI=1S/C19H23FN2O4/c1-12-8-14(4-5-15(12)20)22-11-13(9-16(22)23)18(26)21-19(10-17(24)25)6-2-3-7-19/h4-5,8,13H,2-3,6-7,9-11H2,1H3,(H,21,26)(H,24,25). The van der Waals surface area contributed by atoms with Gasteiger partial charge in [0.25, 0.3) is 0 Å². The van der Waals surface area contributed by atoms with Gasteiger partial charge >= 0.3 is 5.97 Å². The number of carboxylic acid groups (broad SMARTS) is 1. The smallest absolute Gasteiger partial charge is 0.305 e. The summed E-state index contributed by atoms with van der Waals surface area (Å²) in [5.41, 5.74) is 0.311. The van der Waals surface area contributed by atoms with Crippen LogP contribution in [0.4, 0.5) is 10.1 Å². The first-order chi connectivity index (χ1) is 12.3. The van der Waals surface area contributed by atoms with E-state index in [1.54, 1.807) is 13.0 Å². The molecule has 1 aromatic carbocycles. The van der Waals surface area contributed by atoms with E-state index >= 15 is 0 Å². The van der Waals surface area contributed by atoms with E-state index in [0.717, 1.165) is 12.8 Å². The van der Waals surface area contributed by atoms with Gasteiger partial charge in [0.05, 0.1) is 17.9 Å². The number of aliphatic carboxylic acids is 1. The van der Waals surface area contributed by atoms with Gasteiger partial charge in [-0.1, -0.05) is 12.8 Å². The van der Waals surface area contributed by atoms with Gasteiger partial charge in [-0.15, -0.1) is 0 Å². The molecule has 7 heteroatoms. The molecular formula is C19H23FN2O4. The Labute approximate surface area is 151 Å². The Bertz CT molecular complexity index is 743. The summed E-state index contributed by atoms with van der Waals surface area (Å²) in [6.07, 6.45) is 3.04. The molecule has 1 unspecified atom stereocenters. The SMILES string of the molecule is Cc1cc(N2CC(C(=O)NC3(CC(=O)O)CCCC3)CC2=O)ccc1F. The summed E-state index contributed by atoms with van der Waals surface area (Å²) in [4.78, 5) is 37.7. The maximum atomic E-state index is 13.4. The number of amides is 2. The van der Waals surface area contributed by atoms with Crippen molar-refractivity contribution in [2.24, 2.45) is 5.92 Å². The molecule has 2 fully saturated rings. The van der Waals surface area contributed by atoms with Gasteiger partial charge in [0, 0.05) is 18.7 Å². The third kappa shape index (κ3) is 3.71. The predicted molar refractivity (Wildman–Crippen MR) is 93.2 cm³/mol. The largest absolute Gasteiger partial charge is 0.481 e. The number of carbonyl (C=O) groups is 3. The molecule has 2 aliphatic rings. The van der Waals surface area contributed by atoms with Gasteiger partial charge in [0.15, 0.2) is 0 Å². The minimum atomic E-state index is -0.932. The second-order valence-corrected chi connectivity index (χ2v) is 7.39. The molecule has 6 nitrogen and oxygen atoms in total. The van der Waals surface area contributed by atoms with Crippen molar-refractivity contribution in [3.63, 3.8) is 0 Å². The lowest BCUT2D eigenvalue weighted by Gasteiger charge is -2.30. The summed E-state index contributed by atoms with van der Waals surface area (Å²) in [5.74, 6) is -2.26. The summed E-state index contributed by atoms with van der Waals surface area (Å²) in [5, 5.41) is 12.1. The van der Waals surface area contributed by atoms with Crippen LogP contribution in [0, 0.1) is 18.7 Å². The molecule has 2 N–H and O–H groups in total. The van der Waals surface area contributed by atoms with Gasteiger partial charge in [0.1, 0.15) is 5.82 Å². The van der Waals surface area contributed by atoms with Crippen molar-refractivity contribution < 1.29 is 23.9 Å². The lowest BCUT2D eigenvalue weighted by Crippen LogP contribution is -2.50. The molecule has 1 aromatic rings. The molecule has 1 aliphatic heterocycles. The van der Waals surface area contributed by atoms with Crippen molar-refractivity contribution in [3.05, 3.63) is 29.6 Å². The number of halogens is 1. The van der Waals surface area contributed by atoms with Crippen molar-refractivity contribution in [1.82, 2.24) is 5.32 Å². The lowest BCUT2D eigenvalue weighted by molar-refractivity contribution is -0.139. The monoisotopic (exact) mass is 362 g/mol. The van der Waals surface area contributed by atoms with Crippen LogP contribution in [-0.2, 0) is 14.4 Å². The van der Waals surface area contributed by atoms with E-state index in [1.165, 1.54) is 17.0 Å². The van der Waals surface area contributed by atoms with Crippen molar-refractivity contribution in [3.8, 4) is 0 Å². The van der Waals surface area contributed by atoms with Gasteiger partial charge < -0.3 is 15.3 Å². The van der Waals surface area contributed by atoms with E-state index in [2.05, 4.69) is 5.32 Å². The van der Waals surface area contributed by atoms with Crippen LogP contribution in [0.1, 0.15) is 44.1 Å². The van der Waals surface area contributed by atoms with Gasteiger partial charge in [0.2, 0.25) is 11.8 Å². The van der Waals surface area contributed by atoms with Crippen molar-refractivity contribution in [1.29, 1.82) is 0 Å². The molecular weight excluding hydrogens is 339 g/mol. The van der Waals surface area contributed by atoms with Crippen LogP contribution >= 0.6 is 0 Å². The first kappa shape index (κ1) is 18.4. The molecule has 0 radical (unpaired) electrons. The molecule has 1 heterocycles. The maximum absolute atomic E-state index is 13.4. The molecule has 1 aliphatic carbocycles. The highest BCUT2D eigenvalue weighted by atomic mass is 19.1. The van der Waals surface area contributed by atoms with Crippen LogP contribution < -0.4 is 10.2 Å². The van der Waals surface area contributed by atoms with Crippen LogP contribution in [-0.4, -0.2) is 35.0 Å². The topological polar surface area (TPSA) is 86.7 Å². The number of nitrogens with one attached hydrogen (secondary N) is 1. The number of hydrogen-bond donors (Lipinski definition) is 2. The fraction of sp³-hybridized carbons (Fsp3) is 0.526. The maximum Gasteiger partial charge on any atom is 0.305 e. The second kappa shape index (κ2) is 7.05. The number of aryl methyl sites for hydroxylation is 1. The summed E-state index contributed by atoms with van der Waals surface area (Å²) >= 11 is 0. The second-order valence-electron chi connectivity index (χ2n) is 7.39. The normalized spacial score (nSPS) is 21.8. The van der Waals surface area contributed by atoms with Crippen LogP contribution in [0.3, 0.4) is 0 Å². The number of carboxylic acids is 1. The van der Waals surface area contributed by atoms with E-state index in [4.69, 9.17) is 5.11 Å². The zero-order valence-corrected chi connectivity index (χ0v) is 14.8. The highest BCUT2D eigenvalue weighted by molar-refractivity contribution is 6.00. The molecule has 0 spiro atoms. The summed E-state index contributed by atoms with van der Waals surface area (Å²) in [7, 11) is 0. The number of carbonyl (C=O) groups excluding carboxylic acids is 2. The van der Waals surface area contributed by atoms with Crippen molar-refractivity contribution in [2.45, 2.75) is 51.0 Å². The zero-order chi connectivity index (χ0) is 18.9. The fourth-order valence-electron chi connectivity index (χ4n) is 3.98. The zero-order valence-electron chi connectivity index (χ0n) is 14.8. The molecule has 1 atom stereocenters. The Morgan fingerprint density at radius 3 is 2.65 bits per heavy atom. The Balaban J connectivity index is 1.70. The Kier molecular flexibility index (Phi) is 4.98. The molecule has 1 saturated heterocycles. The molecule has 26 heavy (non-hydrogen) atoms. The quantitative estimate of drug-likeness (QED) is 0.842. The molecule has 0 aromatic heterocycles. The Hall–Kier alpha value is -2.44. The number of anilines is 1. The van der Waals surface area contributed by atoms with Crippen LogP contribution in [0.15, 0.2) is 18.2 Å². The average molecular weight is 362 g/mol. The van der Waals surface area contributed by atoms with E-state index in [0.29, 0.717) is 24.1 Å². The highest BCUT2D eigenvalue weighted by Gasteiger charge is 2.41. The number of hydrogen-bond acceptors (Lipinski definition) is 3. The lowest BCUT2D eigenvalue weighted by atomic mass is 9.92. The van der Waals surface area contributed by atoms with Gasteiger partial charge in [-0.05, 0) is 43.5 Å². The fourth-order valence-corrected chi connectivity index (χ4v) is 3.98. The summed E-state index contributed by atoms with van der Waals surface area (Å²) in [6, 6.07) is 4.44. The Morgan fingerprint density at radius 2 is 2.04 bits per heavy atom. The third-order valence-electron chi connectivity index (χ3n) is 5.39. The molecule has 1 saturated carbocycles. The van der Waals surface area contributed by atoms with E-state index < -0.39 is 17.4 Å². The predicted octanol–water partition coefficient (Wildman–Crippen LogP) is 2.39. The van der Waals surface area contributed by atoms with Crippen molar-refractivity contribution >= 4 is 23.5 Å². The number of nitrogens with zero attached hydrogens (tertiary/aromatic N) is 1. The van der Waals surface area contributed by atoms with Crippen molar-refractivity contribution in [2.75, 3.05) is 11.4 Å². The van der Waals surface area contributed by atoms with Crippen LogP contribution in [0.5, 0.6) is 0 Å². The Morgan fingerprint density at radius 1 is 1.35 bits per heavy atom. The summed E-state index contributed by atoms with van der Waals surface area (Å²) < 4.78 is 13.4. The van der Waals surface area contributed by atoms with Gasteiger partial charge in [-0.3, -0.25) is 14.4 Å². The molecule has 3 rings (SSSR count). The van der Waals surface area contributed by atoms with Crippen LogP contribution in [0.25, 0.3) is 0 Å². The highest BCUT2D eigenvalue weighted by Crippen LogP contribution is 2.34. The molecule has 0 bridgehead atoms. The first-order valence-corrected chi connectivity index (χ1v) is 8.90. The third-order valence-corrected chi connectivity index (χ3v) is 5.39. The summed E-state index contributed by atoms with van der Waals surface area (Å²) in [6.45, 7) is 1.85.